The van der Waals surface area contributed by atoms with E-state index in [1.165, 1.54) is 0 Å². The van der Waals surface area contributed by atoms with Crippen LogP contribution in [0.25, 0.3) is 0 Å². The number of hydrogen-bond acceptors (Lipinski definition) is 7. The number of nitrogens with one attached hydrogen (secondary N) is 1. The maximum atomic E-state index is 14.4. The summed E-state index contributed by atoms with van der Waals surface area (Å²) in [6, 6.07) is 8.64. The Morgan fingerprint density at radius 1 is 1.26 bits per heavy atom. The first-order valence-corrected chi connectivity index (χ1v) is 15.8. The van der Waals surface area contributed by atoms with Gasteiger partial charge in [-0.15, -0.1) is 13.2 Å². The molecule has 3 heterocycles. The average Bonchev–Trinajstić information content (AvgIpc) is 3.58. The molecular formula is C32H42BrN3O7. The summed E-state index contributed by atoms with van der Waals surface area (Å²) in [5.74, 6) is -3.14. The SMILES string of the molecule is C=CCCC(=O)NC[C@@H](C)OC(=O)[C@@H]1[C@H]2O[C@@]3(CC2Br)[C@H](C(=O)N(CC=C)Cc2ccccc2)N(CCCCO)C(=O)[C@@H]13. The van der Waals surface area contributed by atoms with E-state index in [-0.39, 0.29) is 48.8 Å². The van der Waals surface area contributed by atoms with Crippen molar-refractivity contribution < 1.29 is 33.8 Å². The van der Waals surface area contributed by atoms with Gasteiger partial charge in [-0.05, 0) is 38.2 Å². The summed E-state index contributed by atoms with van der Waals surface area (Å²) in [4.78, 5) is 57.2. The number of aliphatic hydroxyl groups excluding tert-OH is 1. The van der Waals surface area contributed by atoms with Crippen LogP contribution in [0.5, 0.6) is 0 Å². The number of rotatable bonds is 16. The second-order valence-electron chi connectivity index (χ2n) is 11.5. The first-order valence-electron chi connectivity index (χ1n) is 14.9. The van der Waals surface area contributed by atoms with Crippen molar-refractivity contribution in [2.45, 2.75) is 74.3 Å². The molecule has 3 fully saturated rings. The molecule has 1 aromatic rings. The number of alkyl halides is 1. The van der Waals surface area contributed by atoms with Crippen molar-refractivity contribution in [1.82, 2.24) is 15.1 Å². The predicted octanol–water partition coefficient (Wildman–Crippen LogP) is 2.74. The normalized spacial score (nSPS) is 27.8. The molecule has 1 aromatic carbocycles. The average molecular weight is 661 g/mol. The Kier molecular flexibility index (Phi) is 11.2. The largest absolute Gasteiger partial charge is 0.460 e. The van der Waals surface area contributed by atoms with Gasteiger partial charge in [0.15, 0.2) is 0 Å². The van der Waals surface area contributed by atoms with Crippen LogP contribution in [-0.2, 0) is 35.2 Å². The lowest BCUT2D eigenvalue weighted by atomic mass is 9.70. The zero-order valence-corrected chi connectivity index (χ0v) is 26.2. The van der Waals surface area contributed by atoms with Crippen LogP contribution in [0.2, 0.25) is 0 Å². The predicted molar refractivity (Wildman–Crippen MR) is 164 cm³/mol. The second kappa shape index (κ2) is 14.6. The van der Waals surface area contributed by atoms with Gasteiger partial charge in [0, 0.05) is 37.5 Å². The number of aliphatic hydroxyl groups is 1. The highest BCUT2D eigenvalue weighted by Gasteiger charge is 2.77. The maximum absolute atomic E-state index is 14.4. The minimum absolute atomic E-state index is 0.0369. The van der Waals surface area contributed by atoms with Gasteiger partial charge < -0.3 is 29.7 Å². The van der Waals surface area contributed by atoms with E-state index in [2.05, 4.69) is 34.4 Å². The summed E-state index contributed by atoms with van der Waals surface area (Å²) in [7, 11) is 0. The smallest absolute Gasteiger partial charge is 0.312 e. The number of esters is 1. The van der Waals surface area contributed by atoms with Crippen molar-refractivity contribution in [3.63, 3.8) is 0 Å². The maximum Gasteiger partial charge on any atom is 0.312 e. The highest BCUT2D eigenvalue weighted by Crippen LogP contribution is 2.60. The summed E-state index contributed by atoms with van der Waals surface area (Å²) in [6.07, 6.45) is 4.22. The second-order valence-corrected chi connectivity index (χ2v) is 12.7. The van der Waals surface area contributed by atoms with Crippen LogP contribution in [-0.4, -0.2) is 93.5 Å². The first-order chi connectivity index (χ1) is 20.7. The molecule has 1 unspecified atom stereocenters. The van der Waals surface area contributed by atoms with Crippen molar-refractivity contribution in [3.8, 4) is 0 Å². The molecule has 3 saturated heterocycles. The molecular weight excluding hydrogens is 618 g/mol. The third-order valence-corrected chi connectivity index (χ3v) is 9.30. The molecule has 0 aliphatic carbocycles. The number of likely N-dealkylation sites (tertiary alicyclic amines) is 1. The molecule has 3 aliphatic rings. The number of hydrogen-bond donors (Lipinski definition) is 2. The van der Waals surface area contributed by atoms with Crippen LogP contribution in [0.1, 0.15) is 44.6 Å². The van der Waals surface area contributed by atoms with Crippen LogP contribution < -0.4 is 5.32 Å². The molecule has 3 amide bonds. The Morgan fingerprint density at radius 3 is 2.67 bits per heavy atom. The van der Waals surface area contributed by atoms with Crippen LogP contribution >= 0.6 is 15.9 Å². The zero-order valence-electron chi connectivity index (χ0n) is 24.7. The number of nitrogens with zero attached hydrogens (tertiary/aromatic N) is 2. The summed E-state index contributed by atoms with van der Waals surface area (Å²) in [6.45, 7) is 10.1. The highest BCUT2D eigenvalue weighted by molar-refractivity contribution is 9.09. The van der Waals surface area contributed by atoms with Crippen molar-refractivity contribution >= 4 is 39.6 Å². The zero-order chi connectivity index (χ0) is 31.1. The Labute approximate surface area is 261 Å². The Hall–Kier alpha value is -3.02. The number of allylic oxidation sites excluding steroid dienone is 1. The lowest BCUT2D eigenvalue weighted by Crippen LogP contribution is -2.56. The Balaban J connectivity index is 1.59. The number of carbonyl (C=O) groups excluding carboxylic acids is 4. The van der Waals surface area contributed by atoms with Crippen LogP contribution in [0, 0.1) is 11.8 Å². The van der Waals surface area contributed by atoms with Gasteiger partial charge in [0.05, 0.1) is 24.5 Å². The van der Waals surface area contributed by atoms with Gasteiger partial charge in [0.25, 0.3) is 0 Å². The molecule has 43 heavy (non-hydrogen) atoms. The molecule has 0 aromatic heterocycles. The fraction of sp³-hybridized carbons (Fsp3) is 0.562. The molecule has 0 radical (unpaired) electrons. The summed E-state index contributed by atoms with van der Waals surface area (Å²) in [5.41, 5.74) is -0.279. The van der Waals surface area contributed by atoms with E-state index in [0.717, 1.165) is 5.56 Å². The Bertz CT molecular complexity index is 1200. The minimum atomic E-state index is -1.21. The van der Waals surface area contributed by atoms with Gasteiger partial charge in [-0.2, -0.15) is 0 Å². The summed E-state index contributed by atoms with van der Waals surface area (Å²) < 4.78 is 12.3. The standard InChI is InChI=1S/C32H42BrN3O7/c1-4-6-14-24(38)34-19-21(3)42-31(41)25-26-29(39)36(16-10-11-17-37)28(32(26)18-23(33)27(25)43-32)30(40)35(15-5-2)20-22-12-8-7-9-13-22/h4-5,7-9,12-13,21,23,25-28,37H,1-2,6,10-11,14-20H2,3H3,(H,34,38)/t21-,23?,25+,26-,27+,28+,32-/m1/s1. The molecule has 1 spiro atoms. The van der Waals surface area contributed by atoms with Gasteiger partial charge in [-0.25, -0.2) is 0 Å². The number of fused-ring (bicyclic) bond motifs is 1. The third kappa shape index (κ3) is 6.89. The van der Waals surface area contributed by atoms with Crippen molar-refractivity contribution in [2.24, 2.45) is 11.8 Å². The molecule has 4 rings (SSSR count). The van der Waals surface area contributed by atoms with Gasteiger partial charge in [-0.1, -0.05) is 58.4 Å². The number of carbonyl (C=O) groups is 4. The molecule has 2 bridgehead atoms. The summed E-state index contributed by atoms with van der Waals surface area (Å²) in [5, 5.41) is 12.2. The van der Waals surface area contributed by atoms with E-state index >= 15 is 0 Å². The molecule has 3 aliphatic heterocycles. The van der Waals surface area contributed by atoms with E-state index in [1.807, 2.05) is 30.3 Å². The summed E-state index contributed by atoms with van der Waals surface area (Å²) >= 11 is 3.68. The van der Waals surface area contributed by atoms with Gasteiger partial charge >= 0.3 is 5.97 Å². The van der Waals surface area contributed by atoms with E-state index in [9.17, 15) is 24.3 Å². The van der Waals surface area contributed by atoms with Crippen molar-refractivity contribution in [3.05, 3.63) is 61.2 Å². The highest BCUT2D eigenvalue weighted by atomic mass is 79.9. The van der Waals surface area contributed by atoms with Crippen LogP contribution in [0.3, 0.4) is 0 Å². The van der Waals surface area contributed by atoms with Crippen LogP contribution in [0.15, 0.2) is 55.6 Å². The fourth-order valence-corrected chi connectivity index (χ4v) is 7.52. The number of amides is 3. The van der Waals surface area contributed by atoms with Crippen LogP contribution in [0.4, 0.5) is 0 Å². The van der Waals surface area contributed by atoms with E-state index in [1.54, 1.807) is 28.9 Å². The molecule has 7 atom stereocenters. The molecule has 2 N–H and O–H groups in total. The Morgan fingerprint density at radius 2 is 2.00 bits per heavy atom. The molecule has 0 saturated carbocycles. The van der Waals surface area contributed by atoms with E-state index in [4.69, 9.17) is 9.47 Å². The van der Waals surface area contributed by atoms with Crippen molar-refractivity contribution in [1.29, 1.82) is 0 Å². The minimum Gasteiger partial charge on any atom is -0.460 e. The molecule has 11 heteroatoms. The van der Waals surface area contributed by atoms with Crippen molar-refractivity contribution in [2.75, 3.05) is 26.2 Å². The lowest BCUT2D eigenvalue weighted by Gasteiger charge is -2.37. The number of unbranched alkanes of at least 4 members (excludes halogenated alkanes) is 1. The molecule has 234 valence electrons. The number of halogens is 1. The van der Waals surface area contributed by atoms with Gasteiger partial charge in [-0.3, -0.25) is 19.2 Å². The molecule has 10 nitrogen and oxygen atoms in total. The number of ether oxygens (including phenoxy) is 2. The number of benzene rings is 1. The van der Waals surface area contributed by atoms with E-state index < -0.39 is 41.7 Å². The first kappa shape index (κ1) is 32.9. The lowest BCUT2D eigenvalue weighted by molar-refractivity contribution is -0.159. The third-order valence-electron chi connectivity index (χ3n) is 8.46. The van der Waals surface area contributed by atoms with Gasteiger partial charge in [0.2, 0.25) is 17.7 Å². The monoisotopic (exact) mass is 659 g/mol. The topological polar surface area (TPSA) is 125 Å². The quantitative estimate of drug-likeness (QED) is 0.121. The fourth-order valence-electron chi connectivity index (χ4n) is 6.58. The van der Waals surface area contributed by atoms with Gasteiger partial charge in [0.1, 0.15) is 17.7 Å². The van der Waals surface area contributed by atoms with E-state index in [0.29, 0.717) is 38.6 Å².